The van der Waals surface area contributed by atoms with E-state index in [2.05, 4.69) is 0 Å². The largest absolute Gasteiger partial charge is 0.427 e. The highest BCUT2D eigenvalue weighted by molar-refractivity contribution is 5.78. The summed E-state index contributed by atoms with van der Waals surface area (Å²) in [4.78, 5) is 10.8. The number of rotatable bonds is 1. The topological polar surface area (TPSA) is 30.2 Å². The van der Waals surface area contributed by atoms with E-state index in [9.17, 15) is 4.79 Å². The Hall–Kier alpha value is -1.90. The molecule has 0 unspecified atom stereocenters. The van der Waals surface area contributed by atoms with Gasteiger partial charge >= 0.3 is 5.97 Å². The van der Waals surface area contributed by atoms with E-state index in [1.165, 1.54) is 6.92 Å². The first-order chi connectivity index (χ1) is 7.16. The van der Waals surface area contributed by atoms with Gasteiger partial charge in [-0.25, -0.2) is 4.57 Å². The average molecular weight is 202 g/mol. The number of hydrogen-bond donors (Lipinski definition) is 0. The lowest BCUT2D eigenvalue weighted by Crippen LogP contribution is -2.27. The van der Waals surface area contributed by atoms with Crippen molar-refractivity contribution < 1.29 is 14.1 Å². The number of benzene rings is 1. The van der Waals surface area contributed by atoms with Crippen molar-refractivity contribution in [3.05, 3.63) is 36.5 Å². The van der Waals surface area contributed by atoms with Crippen molar-refractivity contribution in [2.45, 2.75) is 6.92 Å². The molecule has 3 heteroatoms. The number of aromatic nitrogens is 1. The number of nitrogens with zero attached hydrogens (tertiary/aromatic N) is 1. The number of carbonyl (C=O) groups is 1. The van der Waals surface area contributed by atoms with Gasteiger partial charge in [0, 0.05) is 19.1 Å². The Bertz CT molecular complexity index is 520. The summed E-state index contributed by atoms with van der Waals surface area (Å²) in [5.74, 6) is 0.288. The predicted octanol–water partition coefficient (Wildman–Crippen LogP) is 1.59. The molecule has 0 radical (unpaired) electrons. The van der Waals surface area contributed by atoms with Crippen LogP contribution in [0.1, 0.15) is 6.92 Å². The van der Waals surface area contributed by atoms with Gasteiger partial charge in [-0.15, -0.1) is 0 Å². The molecule has 0 fully saturated rings. The van der Waals surface area contributed by atoms with Crippen LogP contribution in [0.2, 0.25) is 0 Å². The van der Waals surface area contributed by atoms with Crippen LogP contribution in [0.4, 0.5) is 0 Å². The van der Waals surface area contributed by atoms with E-state index in [4.69, 9.17) is 4.74 Å². The standard InChI is InChI=1S/C12H12NO2/c1-9(14)15-11-5-6-12-10(8-11)4-3-7-13(12)2/h3-8H,1-2H3/q+1. The highest BCUT2D eigenvalue weighted by Crippen LogP contribution is 2.17. The van der Waals surface area contributed by atoms with E-state index in [-0.39, 0.29) is 5.97 Å². The number of fused-ring (bicyclic) bond motifs is 1. The summed E-state index contributed by atoms with van der Waals surface area (Å²) in [6.07, 6.45) is 1.98. The molecule has 0 N–H and O–H groups in total. The van der Waals surface area contributed by atoms with Crippen LogP contribution in [-0.2, 0) is 11.8 Å². The van der Waals surface area contributed by atoms with Crippen molar-refractivity contribution in [2.24, 2.45) is 7.05 Å². The van der Waals surface area contributed by atoms with Crippen molar-refractivity contribution in [1.29, 1.82) is 0 Å². The molecule has 0 spiro atoms. The van der Waals surface area contributed by atoms with Crippen molar-refractivity contribution in [3.63, 3.8) is 0 Å². The Labute approximate surface area is 87.9 Å². The van der Waals surface area contributed by atoms with Gasteiger partial charge in [0.25, 0.3) is 0 Å². The molecule has 0 aliphatic carbocycles. The minimum Gasteiger partial charge on any atom is -0.427 e. The molecule has 0 bridgehead atoms. The first kappa shape index (κ1) is 9.65. The number of carbonyl (C=O) groups excluding carboxylic acids is 1. The Kier molecular flexibility index (Phi) is 2.37. The SMILES string of the molecule is CC(=O)Oc1ccc2c(ccc[n+]2C)c1. The summed E-state index contributed by atoms with van der Waals surface area (Å²) in [7, 11) is 1.98. The third-order valence-electron chi connectivity index (χ3n) is 2.23. The van der Waals surface area contributed by atoms with Crippen molar-refractivity contribution in [1.82, 2.24) is 0 Å². The summed E-state index contributed by atoms with van der Waals surface area (Å²) >= 11 is 0. The van der Waals surface area contributed by atoms with Crippen LogP contribution in [-0.4, -0.2) is 5.97 Å². The number of hydrogen-bond acceptors (Lipinski definition) is 2. The number of pyridine rings is 1. The van der Waals surface area contributed by atoms with E-state index in [1.807, 2.05) is 42.1 Å². The van der Waals surface area contributed by atoms with Gasteiger partial charge in [-0.1, -0.05) is 0 Å². The molecular formula is C12H12NO2+. The molecule has 0 saturated carbocycles. The minimum absolute atomic E-state index is 0.297. The maximum absolute atomic E-state index is 10.8. The second kappa shape index (κ2) is 3.69. The van der Waals surface area contributed by atoms with E-state index in [0.29, 0.717) is 5.75 Å². The fourth-order valence-corrected chi connectivity index (χ4v) is 1.57. The van der Waals surface area contributed by atoms with Gasteiger partial charge in [-0.2, -0.15) is 0 Å². The molecule has 1 aromatic heterocycles. The van der Waals surface area contributed by atoms with Gasteiger partial charge in [0.2, 0.25) is 5.52 Å². The van der Waals surface area contributed by atoms with Crippen molar-refractivity contribution >= 4 is 16.9 Å². The van der Waals surface area contributed by atoms with Crippen LogP contribution in [0.3, 0.4) is 0 Å². The zero-order chi connectivity index (χ0) is 10.8. The smallest absolute Gasteiger partial charge is 0.308 e. The van der Waals surface area contributed by atoms with Crippen LogP contribution in [0.15, 0.2) is 36.5 Å². The summed E-state index contributed by atoms with van der Waals surface area (Å²) in [5.41, 5.74) is 1.11. The van der Waals surface area contributed by atoms with Crippen LogP contribution < -0.4 is 9.30 Å². The third kappa shape index (κ3) is 1.96. The second-order valence-electron chi connectivity index (χ2n) is 3.43. The Morgan fingerprint density at radius 1 is 1.33 bits per heavy atom. The van der Waals surface area contributed by atoms with Crippen LogP contribution in [0.5, 0.6) is 5.75 Å². The average Bonchev–Trinajstić information content (AvgIpc) is 2.17. The van der Waals surface area contributed by atoms with Crippen molar-refractivity contribution in [3.8, 4) is 5.75 Å². The number of ether oxygens (including phenoxy) is 1. The molecule has 0 atom stereocenters. The summed E-state index contributed by atoms with van der Waals surface area (Å²) in [6, 6.07) is 9.54. The van der Waals surface area contributed by atoms with E-state index in [0.717, 1.165) is 10.9 Å². The van der Waals surface area contributed by atoms with Gasteiger partial charge < -0.3 is 4.74 Å². The quantitative estimate of drug-likeness (QED) is 0.399. The fraction of sp³-hybridized carbons (Fsp3) is 0.167. The Morgan fingerprint density at radius 3 is 2.87 bits per heavy atom. The fourth-order valence-electron chi connectivity index (χ4n) is 1.57. The van der Waals surface area contributed by atoms with Gasteiger partial charge in [0.05, 0.1) is 5.39 Å². The first-order valence-corrected chi connectivity index (χ1v) is 4.73. The Balaban J connectivity index is 2.52. The third-order valence-corrected chi connectivity index (χ3v) is 2.23. The minimum atomic E-state index is -0.297. The molecular weight excluding hydrogens is 190 g/mol. The first-order valence-electron chi connectivity index (χ1n) is 4.73. The normalized spacial score (nSPS) is 10.3. The lowest BCUT2D eigenvalue weighted by molar-refractivity contribution is -0.644. The summed E-state index contributed by atoms with van der Waals surface area (Å²) in [6.45, 7) is 1.40. The van der Waals surface area contributed by atoms with Gasteiger partial charge in [-0.05, 0) is 18.2 Å². The maximum atomic E-state index is 10.8. The molecule has 0 saturated heterocycles. The molecule has 76 valence electrons. The van der Waals surface area contributed by atoms with Crippen LogP contribution in [0.25, 0.3) is 10.9 Å². The zero-order valence-electron chi connectivity index (χ0n) is 8.73. The Morgan fingerprint density at radius 2 is 2.13 bits per heavy atom. The molecule has 2 rings (SSSR count). The van der Waals surface area contributed by atoms with E-state index >= 15 is 0 Å². The molecule has 0 aliphatic rings. The zero-order valence-corrected chi connectivity index (χ0v) is 8.73. The van der Waals surface area contributed by atoms with Crippen molar-refractivity contribution in [2.75, 3.05) is 0 Å². The van der Waals surface area contributed by atoms with E-state index < -0.39 is 0 Å². The molecule has 15 heavy (non-hydrogen) atoms. The predicted molar refractivity (Wildman–Crippen MR) is 56.4 cm³/mol. The monoisotopic (exact) mass is 202 g/mol. The molecule has 1 heterocycles. The molecule has 3 nitrogen and oxygen atoms in total. The molecule has 1 aromatic carbocycles. The number of esters is 1. The summed E-state index contributed by atoms with van der Waals surface area (Å²) in [5, 5.41) is 1.05. The van der Waals surface area contributed by atoms with Gasteiger partial charge in [0.15, 0.2) is 6.20 Å². The number of aryl methyl sites for hydroxylation is 1. The lowest BCUT2D eigenvalue weighted by Gasteiger charge is -2.01. The van der Waals surface area contributed by atoms with Gasteiger partial charge in [-0.3, -0.25) is 4.79 Å². The highest BCUT2D eigenvalue weighted by Gasteiger charge is 2.05. The van der Waals surface area contributed by atoms with E-state index in [1.54, 1.807) is 6.07 Å². The molecule has 0 amide bonds. The molecule has 2 aromatic rings. The second-order valence-corrected chi connectivity index (χ2v) is 3.43. The maximum Gasteiger partial charge on any atom is 0.308 e. The highest BCUT2D eigenvalue weighted by atomic mass is 16.5. The van der Waals surface area contributed by atoms with Gasteiger partial charge in [0.1, 0.15) is 12.8 Å². The van der Waals surface area contributed by atoms with Crippen LogP contribution >= 0.6 is 0 Å². The lowest BCUT2D eigenvalue weighted by atomic mass is 10.2. The van der Waals surface area contributed by atoms with Crippen LogP contribution in [0, 0.1) is 0 Å². The molecule has 0 aliphatic heterocycles. The summed E-state index contributed by atoms with van der Waals surface area (Å²) < 4.78 is 7.03.